The van der Waals surface area contributed by atoms with Crippen LogP contribution in [0.5, 0.6) is 0 Å². The Morgan fingerprint density at radius 3 is 2.69 bits per heavy atom. The van der Waals surface area contributed by atoms with Gasteiger partial charge in [0.2, 0.25) is 0 Å². The Bertz CT molecular complexity index is 1050. The van der Waals surface area contributed by atoms with Crippen LogP contribution in [0.4, 0.5) is 0 Å². The van der Waals surface area contributed by atoms with Crippen molar-refractivity contribution < 1.29 is 9.53 Å². The molecule has 2 heterocycles. The van der Waals surface area contributed by atoms with Gasteiger partial charge in [-0.3, -0.25) is 14.4 Å². The van der Waals surface area contributed by atoms with Crippen molar-refractivity contribution in [2.45, 2.75) is 32.4 Å². The van der Waals surface area contributed by atoms with Crippen LogP contribution in [0.3, 0.4) is 0 Å². The van der Waals surface area contributed by atoms with Gasteiger partial charge in [-0.25, -0.2) is 11.4 Å². The molecule has 0 amide bonds. The lowest BCUT2D eigenvalue weighted by atomic mass is 10.0. The number of rotatable bonds is 4. The molecule has 5 heteroatoms. The Morgan fingerprint density at radius 2 is 2.04 bits per heavy atom. The van der Waals surface area contributed by atoms with E-state index in [1.54, 1.807) is 13.1 Å². The summed E-state index contributed by atoms with van der Waals surface area (Å²) in [5.74, 6) is -0.375. The maximum absolute atomic E-state index is 12.5. The van der Waals surface area contributed by atoms with Crippen LogP contribution in [0.15, 0.2) is 42.6 Å². The average Bonchev–Trinajstić information content (AvgIpc) is 3.34. The van der Waals surface area contributed by atoms with E-state index in [2.05, 4.69) is 15.9 Å². The number of nitrogens with zero attached hydrogens (tertiary/aromatic N) is 3. The number of pyridine rings is 1. The zero-order valence-electron chi connectivity index (χ0n) is 14.8. The molecule has 3 aromatic rings. The lowest BCUT2D eigenvalue weighted by Gasteiger charge is -2.11. The molecule has 1 aromatic carbocycles. The molecule has 0 radical (unpaired) electrons. The normalized spacial score (nSPS) is 14.8. The summed E-state index contributed by atoms with van der Waals surface area (Å²) in [5, 5.41) is 0.940. The van der Waals surface area contributed by atoms with Crippen LogP contribution >= 0.6 is 0 Å². The highest BCUT2D eigenvalue weighted by Crippen LogP contribution is 2.48. The lowest BCUT2D eigenvalue weighted by Crippen LogP contribution is -2.19. The fourth-order valence-corrected chi connectivity index (χ4v) is 3.42. The molecule has 2 aromatic heterocycles. The van der Waals surface area contributed by atoms with Crippen LogP contribution < -0.4 is 0 Å². The van der Waals surface area contributed by atoms with Gasteiger partial charge in [0.1, 0.15) is 5.69 Å². The van der Waals surface area contributed by atoms with Crippen molar-refractivity contribution in [2.75, 3.05) is 6.61 Å². The zero-order chi connectivity index (χ0) is 18.3. The Hall–Kier alpha value is -3.13. The number of ether oxygens (including phenoxy) is 1. The predicted octanol–water partition coefficient (Wildman–Crippen LogP) is 4.55. The number of carbonyl (C=O) groups is 1. The SMILES string of the molecule is [C-]#[N+]C1(n2c(C(=O)OCC)cc3cc(-c4ccnc(C)c4)ccc32)CC1. The largest absolute Gasteiger partial charge is 0.461 e. The standard InChI is InChI=1S/C21H19N3O2/c1-4-26-20(25)19-13-17-12-15(16-7-10-23-14(2)11-16)5-6-18(17)24(19)21(22-3)8-9-21/h5-7,10-13H,4,8-9H2,1-2H3. The minimum atomic E-state index is -0.640. The van der Waals surface area contributed by atoms with E-state index in [1.807, 2.05) is 41.8 Å². The Kier molecular flexibility index (Phi) is 3.77. The van der Waals surface area contributed by atoms with Crippen LogP contribution in [-0.4, -0.2) is 22.1 Å². The summed E-state index contributed by atoms with van der Waals surface area (Å²) in [6.45, 7) is 11.7. The second-order valence-electron chi connectivity index (χ2n) is 6.64. The number of hydrogen-bond donors (Lipinski definition) is 0. The summed E-state index contributed by atoms with van der Waals surface area (Å²) < 4.78 is 7.10. The minimum absolute atomic E-state index is 0.312. The molecule has 0 unspecified atom stereocenters. The number of benzene rings is 1. The third-order valence-corrected chi connectivity index (χ3v) is 4.84. The van der Waals surface area contributed by atoms with Crippen molar-refractivity contribution >= 4 is 16.9 Å². The molecule has 0 N–H and O–H groups in total. The van der Waals surface area contributed by atoms with E-state index < -0.39 is 5.66 Å². The predicted molar refractivity (Wildman–Crippen MR) is 99.7 cm³/mol. The first-order valence-corrected chi connectivity index (χ1v) is 8.73. The summed E-state index contributed by atoms with van der Waals surface area (Å²) in [6.07, 6.45) is 3.32. The zero-order valence-corrected chi connectivity index (χ0v) is 14.8. The van der Waals surface area contributed by atoms with E-state index >= 15 is 0 Å². The van der Waals surface area contributed by atoms with Gasteiger partial charge in [0.05, 0.1) is 25.0 Å². The van der Waals surface area contributed by atoms with Gasteiger partial charge in [-0.05, 0) is 55.3 Å². The molecular formula is C21H19N3O2. The van der Waals surface area contributed by atoms with E-state index in [-0.39, 0.29) is 5.97 Å². The fourth-order valence-electron chi connectivity index (χ4n) is 3.42. The molecule has 26 heavy (non-hydrogen) atoms. The maximum Gasteiger partial charge on any atom is 0.355 e. The van der Waals surface area contributed by atoms with Gasteiger partial charge in [0.15, 0.2) is 0 Å². The first-order valence-electron chi connectivity index (χ1n) is 8.73. The third-order valence-electron chi connectivity index (χ3n) is 4.84. The topological polar surface area (TPSA) is 48.5 Å². The van der Waals surface area contributed by atoms with Gasteiger partial charge in [0, 0.05) is 17.3 Å². The van der Waals surface area contributed by atoms with Crippen LogP contribution in [0.25, 0.3) is 26.9 Å². The second kappa shape index (κ2) is 5.99. The second-order valence-corrected chi connectivity index (χ2v) is 6.64. The van der Waals surface area contributed by atoms with Crippen LogP contribution in [0.2, 0.25) is 0 Å². The van der Waals surface area contributed by atoms with Gasteiger partial charge in [-0.15, -0.1) is 0 Å². The number of hydrogen-bond acceptors (Lipinski definition) is 3. The molecule has 130 valence electrons. The Balaban J connectivity index is 1.90. The lowest BCUT2D eigenvalue weighted by molar-refractivity contribution is 0.0512. The van der Waals surface area contributed by atoms with E-state index in [9.17, 15) is 4.79 Å². The van der Waals surface area contributed by atoms with Crippen LogP contribution in [0, 0.1) is 13.5 Å². The van der Waals surface area contributed by atoms with Crippen molar-refractivity contribution in [3.05, 3.63) is 65.4 Å². The molecule has 1 fully saturated rings. The molecule has 4 rings (SSSR count). The molecule has 1 aliphatic rings. The van der Waals surface area contributed by atoms with Gasteiger partial charge >= 0.3 is 11.6 Å². The van der Waals surface area contributed by atoms with Gasteiger partial charge in [0.25, 0.3) is 0 Å². The smallest absolute Gasteiger partial charge is 0.355 e. The molecular weight excluding hydrogens is 326 g/mol. The van der Waals surface area contributed by atoms with Crippen LogP contribution in [-0.2, 0) is 10.4 Å². The third kappa shape index (κ3) is 2.55. The molecule has 0 saturated heterocycles. The minimum Gasteiger partial charge on any atom is -0.461 e. The Morgan fingerprint density at radius 1 is 1.27 bits per heavy atom. The molecule has 1 saturated carbocycles. The average molecular weight is 345 g/mol. The highest BCUT2D eigenvalue weighted by atomic mass is 16.5. The molecule has 0 spiro atoms. The van der Waals surface area contributed by atoms with Crippen molar-refractivity contribution in [1.82, 2.24) is 9.55 Å². The highest BCUT2D eigenvalue weighted by Gasteiger charge is 2.55. The summed E-state index contributed by atoms with van der Waals surface area (Å²) in [5.41, 5.74) is 3.81. The molecule has 1 aliphatic carbocycles. The summed E-state index contributed by atoms with van der Waals surface area (Å²) >= 11 is 0. The van der Waals surface area contributed by atoms with Crippen molar-refractivity contribution in [3.8, 4) is 11.1 Å². The highest BCUT2D eigenvalue weighted by molar-refractivity contribution is 5.97. The molecule has 0 bridgehead atoms. The monoisotopic (exact) mass is 345 g/mol. The number of esters is 1. The summed E-state index contributed by atoms with van der Waals surface area (Å²) in [7, 11) is 0. The number of carbonyl (C=O) groups excluding carboxylic acids is 1. The summed E-state index contributed by atoms with van der Waals surface area (Å²) in [6, 6.07) is 11.9. The fraction of sp³-hybridized carbons (Fsp3) is 0.286. The maximum atomic E-state index is 12.5. The number of aromatic nitrogens is 2. The van der Waals surface area contributed by atoms with Gasteiger partial charge in [-0.2, -0.15) is 0 Å². The quantitative estimate of drug-likeness (QED) is 0.515. The Labute approximate surface area is 152 Å². The van der Waals surface area contributed by atoms with Crippen molar-refractivity contribution in [3.63, 3.8) is 0 Å². The van der Waals surface area contributed by atoms with E-state index in [0.29, 0.717) is 12.3 Å². The molecule has 0 atom stereocenters. The van der Waals surface area contributed by atoms with Crippen molar-refractivity contribution in [2.24, 2.45) is 0 Å². The molecule has 5 nitrogen and oxygen atoms in total. The first kappa shape index (κ1) is 16.3. The first-order chi connectivity index (χ1) is 12.6. The number of aryl methyl sites for hydroxylation is 1. The van der Waals surface area contributed by atoms with E-state index in [1.165, 1.54) is 0 Å². The van der Waals surface area contributed by atoms with Crippen molar-refractivity contribution in [1.29, 1.82) is 0 Å². The molecule has 0 aliphatic heterocycles. The summed E-state index contributed by atoms with van der Waals surface area (Å²) in [4.78, 5) is 20.5. The van der Waals surface area contributed by atoms with E-state index in [4.69, 9.17) is 11.3 Å². The van der Waals surface area contributed by atoms with Gasteiger partial charge in [-0.1, -0.05) is 6.07 Å². The van der Waals surface area contributed by atoms with E-state index in [0.717, 1.165) is 40.6 Å². The van der Waals surface area contributed by atoms with Gasteiger partial charge < -0.3 is 4.74 Å². The number of fused-ring (bicyclic) bond motifs is 1. The van der Waals surface area contributed by atoms with Crippen LogP contribution in [0.1, 0.15) is 35.9 Å².